The Morgan fingerprint density at radius 1 is 0.839 bits per heavy atom. The summed E-state index contributed by atoms with van der Waals surface area (Å²) < 4.78 is 38.7. The van der Waals surface area contributed by atoms with Gasteiger partial charge in [-0.05, 0) is 35.7 Å². The number of fused-ring (bicyclic) bond motifs is 1. The molecule has 0 radical (unpaired) electrons. The Labute approximate surface area is 174 Å². The zero-order valence-corrected chi connectivity index (χ0v) is 16.3. The number of pyridine rings is 1. The highest BCUT2D eigenvalue weighted by molar-refractivity contribution is 5.98. The van der Waals surface area contributed by atoms with Crippen molar-refractivity contribution in [2.75, 3.05) is 26.2 Å². The number of rotatable bonds is 2. The Morgan fingerprint density at radius 3 is 2.16 bits per heavy atom. The van der Waals surface area contributed by atoms with Gasteiger partial charge in [0.15, 0.2) is 0 Å². The average molecular weight is 429 g/mol. The van der Waals surface area contributed by atoms with Crippen molar-refractivity contribution in [1.29, 1.82) is 0 Å². The molecule has 9 heteroatoms. The van der Waals surface area contributed by atoms with E-state index in [1.165, 1.54) is 28.0 Å². The maximum absolute atomic E-state index is 12.9. The monoisotopic (exact) mass is 429 g/mol. The fourth-order valence-corrected chi connectivity index (χ4v) is 3.60. The molecule has 1 aliphatic rings. The lowest BCUT2D eigenvalue weighted by molar-refractivity contribution is -0.137. The lowest BCUT2D eigenvalue weighted by Crippen LogP contribution is -2.51. The molecule has 1 saturated heterocycles. The summed E-state index contributed by atoms with van der Waals surface area (Å²) in [5, 5.41) is 0.726. The Balaban J connectivity index is 1.46. The zero-order chi connectivity index (χ0) is 22.2. The number of hydrogen-bond acceptors (Lipinski definition) is 3. The number of benzene rings is 2. The van der Waals surface area contributed by atoms with Crippen LogP contribution in [0.2, 0.25) is 0 Å². The van der Waals surface area contributed by atoms with Crippen LogP contribution in [-0.2, 0) is 6.18 Å². The van der Waals surface area contributed by atoms with E-state index in [-0.39, 0.29) is 37.3 Å². The van der Waals surface area contributed by atoms with Gasteiger partial charge in [0.2, 0.25) is 0 Å². The molecule has 4 rings (SSSR count). The first kappa shape index (κ1) is 20.6. The van der Waals surface area contributed by atoms with E-state index in [1.54, 1.807) is 24.3 Å². The van der Waals surface area contributed by atoms with Gasteiger partial charge in [0.1, 0.15) is 5.56 Å². The van der Waals surface area contributed by atoms with Crippen LogP contribution in [-0.4, -0.2) is 52.8 Å². The Hall–Kier alpha value is -3.62. The van der Waals surface area contributed by atoms with Crippen LogP contribution in [0.3, 0.4) is 0 Å². The molecule has 1 fully saturated rings. The van der Waals surface area contributed by atoms with Crippen LogP contribution in [0.5, 0.6) is 0 Å². The number of nitrogens with one attached hydrogen (secondary N) is 1. The first-order valence-electron chi connectivity index (χ1n) is 9.62. The smallest absolute Gasteiger partial charge is 0.335 e. The summed E-state index contributed by atoms with van der Waals surface area (Å²) in [4.78, 5) is 43.4. The molecule has 1 N–H and O–H groups in total. The first-order valence-corrected chi connectivity index (χ1v) is 9.62. The van der Waals surface area contributed by atoms with Gasteiger partial charge in [-0.2, -0.15) is 13.2 Å². The van der Waals surface area contributed by atoms with E-state index < -0.39 is 29.1 Å². The maximum Gasteiger partial charge on any atom is 0.416 e. The van der Waals surface area contributed by atoms with Gasteiger partial charge in [0, 0.05) is 37.3 Å². The summed E-state index contributed by atoms with van der Waals surface area (Å²) in [5.74, 6) is -0.972. The van der Waals surface area contributed by atoms with E-state index >= 15 is 0 Å². The SMILES string of the molecule is O=C(c1cccc(C(F)(F)F)c1)N1CCN(C(=O)c2cc3ccccc3[nH]c2=O)CC1. The molecule has 160 valence electrons. The van der Waals surface area contributed by atoms with Crippen molar-refractivity contribution in [2.24, 2.45) is 0 Å². The lowest BCUT2D eigenvalue weighted by atomic mass is 10.1. The van der Waals surface area contributed by atoms with Gasteiger partial charge < -0.3 is 14.8 Å². The van der Waals surface area contributed by atoms with Gasteiger partial charge in [-0.15, -0.1) is 0 Å². The second kappa shape index (κ2) is 7.90. The van der Waals surface area contributed by atoms with E-state index in [0.29, 0.717) is 5.52 Å². The largest absolute Gasteiger partial charge is 0.416 e. The van der Waals surface area contributed by atoms with Gasteiger partial charge in [-0.25, -0.2) is 0 Å². The number of piperazine rings is 1. The fraction of sp³-hybridized carbons (Fsp3) is 0.227. The topological polar surface area (TPSA) is 73.5 Å². The molecule has 0 aliphatic carbocycles. The summed E-state index contributed by atoms with van der Waals surface area (Å²) in [6, 6.07) is 12.9. The van der Waals surface area contributed by atoms with E-state index in [0.717, 1.165) is 17.5 Å². The number of H-pyrrole nitrogens is 1. The second-order valence-corrected chi connectivity index (χ2v) is 7.26. The van der Waals surface area contributed by atoms with Crippen molar-refractivity contribution in [1.82, 2.24) is 14.8 Å². The minimum absolute atomic E-state index is 0.0105. The van der Waals surface area contributed by atoms with E-state index in [2.05, 4.69) is 4.98 Å². The number of hydrogen-bond donors (Lipinski definition) is 1. The molecular weight excluding hydrogens is 411 g/mol. The zero-order valence-electron chi connectivity index (χ0n) is 16.3. The number of carbonyl (C=O) groups excluding carboxylic acids is 2. The number of carbonyl (C=O) groups is 2. The quantitative estimate of drug-likeness (QED) is 0.680. The van der Waals surface area contributed by atoms with Crippen molar-refractivity contribution in [3.8, 4) is 0 Å². The van der Waals surface area contributed by atoms with E-state index in [1.807, 2.05) is 0 Å². The first-order chi connectivity index (χ1) is 14.7. The van der Waals surface area contributed by atoms with Gasteiger partial charge in [-0.3, -0.25) is 14.4 Å². The van der Waals surface area contributed by atoms with E-state index in [4.69, 9.17) is 0 Å². The number of aromatic amines is 1. The number of nitrogens with zero attached hydrogens (tertiary/aromatic N) is 2. The molecule has 2 amide bonds. The minimum Gasteiger partial charge on any atom is -0.335 e. The second-order valence-electron chi connectivity index (χ2n) is 7.26. The fourth-order valence-electron chi connectivity index (χ4n) is 3.60. The highest BCUT2D eigenvalue weighted by Crippen LogP contribution is 2.29. The van der Waals surface area contributed by atoms with E-state index in [9.17, 15) is 27.6 Å². The molecule has 0 bridgehead atoms. The molecule has 2 heterocycles. The van der Waals surface area contributed by atoms with Crippen molar-refractivity contribution in [3.05, 3.63) is 81.6 Å². The van der Waals surface area contributed by atoms with Gasteiger partial charge in [0.25, 0.3) is 17.4 Å². The number of amides is 2. The summed E-state index contributed by atoms with van der Waals surface area (Å²) in [5.41, 5.74) is -0.800. The van der Waals surface area contributed by atoms with Crippen LogP contribution >= 0.6 is 0 Å². The maximum atomic E-state index is 12.9. The van der Waals surface area contributed by atoms with Crippen LogP contribution in [0, 0.1) is 0 Å². The third-order valence-electron chi connectivity index (χ3n) is 5.27. The van der Waals surface area contributed by atoms with Crippen molar-refractivity contribution < 1.29 is 22.8 Å². The molecule has 0 spiro atoms. The standard InChI is InChI=1S/C22H18F3N3O3/c23-22(24,25)16-6-3-5-15(12-16)20(30)27-8-10-28(11-9-27)21(31)17-13-14-4-1-2-7-18(14)26-19(17)29/h1-7,12-13H,8-11H2,(H,26,29). The Kier molecular flexibility index (Phi) is 5.26. The summed E-state index contributed by atoms with van der Waals surface area (Å²) >= 11 is 0. The van der Waals surface area contributed by atoms with Gasteiger partial charge >= 0.3 is 6.18 Å². The number of alkyl halides is 3. The molecule has 1 aromatic heterocycles. The highest BCUT2D eigenvalue weighted by atomic mass is 19.4. The Morgan fingerprint density at radius 2 is 1.48 bits per heavy atom. The summed E-state index contributed by atoms with van der Waals surface area (Å²) in [7, 11) is 0. The van der Waals surface area contributed by atoms with Crippen LogP contribution < -0.4 is 5.56 Å². The minimum atomic E-state index is -4.53. The number of halogens is 3. The molecular formula is C22H18F3N3O3. The number of para-hydroxylation sites is 1. The predicted molar refractivity (Wildman–Crippen MR) is 108 cm³/mol. The van der Waals surface area contributed by atoms with Crippen LogP contribution in [0.25, 0.3) is 10.9 Å². The van der Waals surface area contributed by atoms with Crippen molar-refractivity contribution in [3.63, 3.8) is 0 Å². The summed E-state index contributed by atoms with van der Waals surface area (Å²) in [6.07, 6.45) is -4.53. The molecule has 2 aromatic carbocycles. The van der Waals surface area contributed by atoms with Crippen LogP contribution in [0.15, 0.2) is 59.4 Å². The number of aromatic nitrogens is 1. The molecule has 6 nitrogen and oxygen atoms in total. The highest BCUT2D eigenvalue weighted by Gasteiger charge is 2.32. The summed E-state index contributed by atoms with van der Waals surface area (Å²) in [6.45, 7) is 0.671. The van der Waals surface area contributed by atoms with Crippen molar-refractivity contribution >= 4 is 22.7 Å². The normalized spacial score (nSPS) is 14.7. The molecule has 0 atom stereocenters. The predicted octanol–water partition coefficient (Wildman–Crippen LogP) is 3.15. The van der Waals surface area contributed by atoms with Gasteiger partial charge in [0.05, 0.1) is 5.56 Å². The van der Waals surface area contributed by atoms with Crippen LogP contribution in [0.4, 0.5) is 13.2 Å². The lowest BCUT2D eigenvalue weighted by Gasteiger charge is -2.34. The van der Waals surface area contributed by atoms with Crippen LogP contribution in [0.1, 0.15) is 26.3 Å². The molecule has 3 aromatic rings. The third-order valence-corrected chi connectivity index (χ3v) is 5.27. The van der Waals surface area contributed by atoms with Crippen molar-refractivity contribution in [2.45, 2.75) is 6.18 Å². The molecule has 31 heavy (non-hydrogen) atoms. The average Bonchev–Trinajstić information content (AvgIpc) is 2.77. The van der Waals surface area contributed by atoms with Gasteiger partial charge in [-0.1, -0.05) is 24.3 Å². The molecule has 0 saturated carbocycles. The third kappa shape index (κ3) is 4.16. The molecule has 1 aliphatic heterocycles. The Bertz CT molecular complexity index is 1210. The molecule has 0 unspecified atom stereocenters.